The number of nitrogens with one attached hydrogen (secondary N) is 1. The van der Waals surface area contributed by atoms with Crippen molar-refractivity contribution >= 4 is 39.1 Å². The summed E-state index contributed by atoms with van der Waals surface area (Å²) in [6.07, 6.45) is 5.35. The summed E-state index contributed by atoms with van der Waals surface area (Å²) in [5, 5.41) is 3.43. The maximum absolute atomic E-state index is 14.0. The lowest BCUT2D eigenvalue weighted by atomic mass is 9.89. The Morgan fingerprint density at radius 2 is 1.79 bits per heavy atom. The van der Waals surface area contributed by atoms with Crippen molar-refractivity contribution in [1.82, 2.24) is 24.0 Å². The first kappa shape index (κ1) is 32.7. The topological polar surface area (TPSA) is 87.1 Å². The number of sulfonamides is 1. The number of halogens is 2. The molecule has 0 spiro atoms. The number of carbonyl (C=O) groups is 1. The molecule has 3 heterocycles. The molecule has 1 aliphatic carbocycles. The van der Waals surface area contributed by atoms with Crippen LogP contribution in [0.25, 0.3) is 0 Å². The molecular weight excluding hydrogens is 609 g/mol. The number of rotatable bonds is 9. The van der Waals surface area contributed by atoms with Crippen molar-refractivity contribution < 1.29 is 17.9 Å². The maximum Gasteiger partial charge on any atom is 0.249 e. The Bertz CT molecular complexity index is 1390. The number of aryl methyl sites for hydroxylation is 1. The smallest absolute Gasteiger partial charge is 0.249 e. The van der Waals surface area contributed by atoms with Gasteiger partial charge in [0.25, 0.3) is 0 Å². The van der Waals surface area contributed by atoms with Crippen LogP contribution in [0.1, 0.15) is 63.8 Å². The number of hydrogen-bond donors (Lipinski definition) is 1. The highest BCUT2D eigenvalue weighted by Crippen LogP contribution is 2.38. The predicted molar refractivity (Wildman–Crippen MR) is 170 cm³/mol. The van der Waals surface area contributed by atoms with E-state index in [1.807, 2.05) is 22.9 Å². The van der Waals surface area contributed by atoms with Crippen molar-refractivity contribution in [2.24, 2.45) is 0 Å². The molecular formula is C31H45Cl2N5O4S. The molecule has 1 saturated carbocycles. The van der Waals surface area contributed by atoms with Gasteiger partial charge < -0.3 is 14.6 Å². The maximum atomic E-state index is 14.0. The molecule has 0 radical (unpaired) electrons. The van der Waals surface area contributed by atoms with Gasteiger partial charge in [0, 0.05) is 69.3 Å². The second kappa shape index (κ2) is 13.8. The van der Waals surface area contributed by atoms with Crippen molar-refractivity contribution in [2.75, 3.05) is 39.3 Å². The van der Waals surface area contributed by atoms with E-state index in [4.69, 9.17) is 27.9 Å². The molecule has 0 bridgehead atoms. The van der Waals surface area contributed by atoms with E-state index in [1.54, 1.807) is 26.0 Å². The van der Waals surface area contributed by atoms with Crippen LogP contribution < -0.4 is 5.32 Å². The second-order valence-electron chi connectivity index (χ2n) is 12.4. The zero-order valence-corrected chi connectivity index (χ0v) is 28.0. The van der Waals surface area contributed by atoms with E-state index < -0.39 is 22.2 Å². The summed E-state index contributed by atoms with van der Waals surface area (Å²) >= 11 is 12.9. The standard InChI is InChI=1S/C31H45Cl2N5O4S/c1-21(2)35-13-15-36(16-14-35)25-8-5-7-24(19-25)34-31(39)23(4)42-20-28-27-9-6-12-37(27)17-18-38(28)43(40,41)30-26(32)11-10-22(3)29(30)33/h6,9-12,21,23-25,28H,5,7-8,13-20H2,1-4H3,(H,34,39). The second-order valence-corrected chi connectivity index (χ2v) is 15.0. The number of piperazine rings is 1. The average Bonchev–Trinajstić information content (AvgIpc) is 3.47. The monoisotopic (exact) mass is 653 g/mol. The van der Waals surface area contributed by atoms with Gasteiger partial charge in [0.15, 0.2) is 0 Å². The summed E-state index contributed by atoms with van der Waals surface area (Å²) in [5.74, 6) is -0.166. The van der Waals surface area contributed by atoms with Gasteiger partial charge in [-0.3, -0.25) is 14.6 Å². The van der Waals surface area contributed by atoms with E-state index in [9.17, 15) is 13.2 Å². The first-order chi connectivity index (χ1) is 20.5. The molecule has 3 aliphatic rings. The lowest BCUT2D eigenvalue weighted by molar-refractivity contribution is -0.133. The number of hydrogen-bond acceptors (Lipinski definition) is 6. The van der Waals surface area contributed by atoms with Crippen LogP contribution in [-0.4, -0.2) is 96.6 Å². The molecule has 1 amide bonds. The quantitative estimate of drug-likeness (QED) is 0.422. The van der Waals surface area contributed by atoms with Crippen molar-refractivity contribution in [3.63, 3.8) is 0 Å². The predicted octanol–water partition coefficient (Wildman–Crippen LogP) is 4.71. The summed E-state index contributed by atoms with van der Waals surface area (Å²) in [6.45, 7) is 13.1. The number of benzene rings is 1. The molecule has 1 aromatic heterocycles. The van der Waals surface area contributed by atoms with Crippen LogP contribution in [0.2, 0.25) is 10.0 Å². The minimum Gasteiger partial charge on any atom is -0.367 e. The third-order valence-electron chi connectivity index (χ3n) is 9.39. The SMILES string of the molecule is Cc1ccc(Cl)c(S(=O)(=O)N2CCn3cccc3C2COC(C)C(=O)NC2CCCC(N3CCN(C(C)C)CC3)C2)c1Cl. The van der Waals surface area contributed by atoms with E-state index in [2.05, 4.69) is 29.0 Å². The average molecular weight is 655 g/mol. The molecule has 43 heavy (non-hydrogen) atoms. The molecule has 2 fully saturated rings. The zero-order valence-electron chi connectivity index (χ0n) is 25.6. The van der Waals surface area contributed by atoms with Gasteiger partial charge in [-0.1, -0.05) is 29.3 Å². The Kier molecular flexibility index (Phi) is 10.5. The van der Waals surface area contributed by atoms with E-state index >= 15 is 0 Å². The van der Waals surface area contributed by atoms with E-state index in [-0.39, 0.29) is 40.0 Å². The normalized spacial score (nSPS) is 25.0. The van der Waals surface area contributed by atoms with Crippen LogP contribution >= 0.6 is 23.2 Å². The molecule has 1 saturated heterocycles. The van der Waals surface area contributed by atoms with Gasteiger partial charge in [0.05, 0.1) is 22.7 Å². The molecule has 9 nitrogen and oxygen atoms in total. The van der Waals surface area contributed by atoms with Gasteiger partial charge in [0.2, 0.25) is 15.9 Å². The fourth-order valence-electron chi connectivity index (χ4n) is 6.76. The van der Waals surface area contributed by atoms with Crippen LogP contribution in [0.3, 0.4) is 0 Å². The van der Waals surface area contributed by atoms with Crippen molar-refractivity contribution in [2.45, 2.75) is 95.1 Å². The summed E-state index contributed by atoms with van der Waals surface area (Å²) in [4.78, 5) is 18.3. The van der Waals surface area contributed by atoms with Gasteiger partial charge in [-0.2, -0.15) is 4.31 Å². The van der Waals surface area contributed by atoms with E-state index in [0.717, 1.165) is 51.1 Å². The van der Waals surface area contributed by atoms with E-state index in [1.165, 1.54) is 10.7 Å². The Morgan fingerprint density at radius 3 is 2.51 bits per heavy atom. The molecule has 238 valence electrons. The summed E-state index contributed by atoms with van der Waals surface area (Å²) in [5.41, 5.74) is 1.43. The van der Waals surface area contributed by atoms with Crippen LogP contribution in [0.5, 0.6) is 0 Å². The van der Waals surface area contributed by atoms with Crippen molar-refractivity contribution in [3.8, 4) is 0 Å². The minimum atomic E-state index is -4.06. The molecule has 1 aromatic carbocycles. The lowest BCUT2D eigenvalue weighted by Gasteiger charge is -2.43. The number of aromatic nitrogens is 1. The third kappa shape index (κ3) is 7.11. The molecule has 2 aliphatic heterocycles. The zero-order chi connectivity index (χ0) is 30.9. The van der Waals surface area contributed by atoms with Gasteiger partial charge in [-0.25, -0.2) is 8.42 Å². The first-order valence-corrected chi connectivity index (χ1v) is 17.7. The van der Waals surface area contributed by atoms with Crippen LogP contribution in [0.15, 0.2) is 35.4 Å². The Hall–Kier alpha value is -1.66. The number of nitrogens with zero attached hydrogens (tertiary/aromatic N) is 4. The summed E-state index contributed by atoms with van der Waals surface area (Å²) in [7, 11) is -4.06. The number of ether oxygens (including phenoxy) is 1. The van der Waals surface area contributed by atoms with Gasteiger partial charge in [-0.15, -0.1) is 0 Å². The first-order valence-electron chi connectivity index (χ1n) is 15.5. The Labute approximate surface area is 266 Å². The summed E-state index contributed by atoms with van der Waals surface area (Å²) in [6, 6.07) is 7.57. The Balaban J connectivity index is 1.23. The third-order valence-corrected chi connectivity index (χ3v) is 12.4. The summed E-state index contributed by atoms with van der Waals surface area (Å²) < 4.78 is 37.5. The number of fused-ring (bicyclic) bond motifs is 1. The highest BCUT2D eigenvalue weighted by molar-refractivity contribution is 7.89. The van der Waals surface area contributed by atoms with Crippen molar-refractivity contribution in [3.05, 3.63) is 51.8 Å². The molecule has 4 unspecified atom stereocenters. The lowest BCUT2D eigenvalue weighted by Crippen LogP contribution is -2.54. The minimum absolute atomic E-state index is 0.0201. The molecule has 12 heteroatoms. The van der Waals surface area contributed by atoms with Crippen molar-refractivity contribution in [1.29, 1.82) is 0 Å². The molecule has 2 aromatic rings. The largest absolute Gasteiger partial charge is 0.367 e. The highest BCUT2D eigenvalue weighted by atomic mass is 35.5. The molecule has 5 rings (SSSR count). The number of carbonyl (C=O) groups excluding carboxylic acids is 1. The van der Waals surface area contributed by atoms with Gasteiger partial charge in [0.1, 0.15) is 11.0 Å². The van der Waals surface area contributed by atoms with Gasteiger partial charge >= 0.3 is 0 Å². The molecule has 4 atom stereocenters. The highest BCUT2D eigenvalue weighted by Gasteiger charge is 2.40. The van der Waals surface area contributed by atoms with Crippen LogP contribution in [0.4, 0.5) is 0 Å². The number of amides is 1. The Morgan fingerprint density at radius 1 is 1.05 bits per heavy atom. The van der Waals surface area contributed by atoms with Gasteiger partial charge in [-0.05, 0) is 77.1 Å². The fourth-order valence-corrected chi connectivity index (χ4v) is 9.48. The van der Waals surface area contributed by atoms with Crippen LogP contribution in [-0.2, 0) is 26.1 Å². The fraction of sp³-hybridized carbons (Fsp3) is 0.645. The van der Waals surface area contributed by atoms with E-state index in [0.29, 0.717) is 24.2 Å². The van der Waals surface area contributed by atoms with Crippen LogP contribution in [0, 0.1) is 6.92 Å². The molecule has 1 N–H and O–H groups in total.